The fraction of sp³-hybridized carbons (Fsp3) is 0.0909. The number of hydrazine groups is 1. The maximum Gasteiger partial charge on any atom is 0.337 e. The number of nitrogens with zero attached hydrogens (tertiary/aromatic N) is 1. The van der Waals surface area contributed by atoms with Crippen molar-refractivity contribution in [3.05, 3.63) is 76.8 Å². The Morgan fingerprint density at radius 3 is 2.07 bits per heavy atom. The molecule has 0 aliphatic carbocycles. The molecule has 1 heterocycles. The lowest BCUT2D eigenvalue weighted by Gasteiger charge is -2.11. The average molecular weight is 441 g/mol. The Labute approximate surface area is 182 Å². The van der Waals surface area contributed by atoms with E-state index >= 15 is 0 Å². The molecule has 3 amide bonds. The minimum absolute atomic E-state index is 0.204. The number of aromatic nitrogens is 1. The van der Waals surface area contributed by atoms with Crippen LogP contribution in [0, 0.1) is 0 Å². The molecule has 0 saturated carbocycles. The number of hydrogen-bond donors (Lipinski definition) is 3. The predicted molar refractivity (Wildman–Crippen MR) is 121 cm³/mol. The summed E-state index contributed by atoms with van der Waals surface area (Å²) >= 11 is 11.8. The Bertz CT molecular complexity index is 1200. The van der Waals surface area contributed by atoms with Crippen LogP contribution >= 0.6 is 23.2 Å². The van der Waals surface area contributed by atoms with Crippen molar-refractivity contribution in [2.45, 2.75) is 13.0 Å². The summed E-state index contributed by atoms with van der Waals surface area (Å²) in [5, 5.41) is 5.58. The first-order valence-electron chi connectivity index (χ1n) is 9.30. The van der Waals surface area contributed by atoms with E-state index in [1.54, 1.807) is 12.1 Å². The van der Waals surface area contributed by atoms with Gasteiger partial charge in [0.1, 0.15) is 0 Å². The Hall–Kier alpha value is -3.22. The lowest BCUT2D eigenvalue weighted by Crippen LogP contribution is -2.44. The number of hydrogen-bond acceptors (Lipinski definition) is 2. The molecule has 8 heteroatoms. The van der Waals surface area contributed by atoms with Crippen LogP contribution in [-0.2, 0) is 11.3 Å². The maximum atomic E-state index is 12.3. The number of carbonyl (C=O) groups is 2. The minimum Gasteiger partial charge on any atom is -0.340 e. The van der Waals surface area contributed by atoms with E-state index in [9.17, 15) is 9.59 Å². The number of nitrogens with one attached hydrogen (secondary N) is 3. The van der Waals surface area contributed by atoms with Gasteiger partial charge in [0, 0.05) is 40.5 Å². The Kier molecular flexibility index (Phi) is 5.79. The van der Waals surface area contributed by atoms with E-state index in [0.29, 0.717) is 22.3 Å². The van der Waals surface area contributed by atoms with Crippen LogP contribution in [0.4, 0.5) is 10.5 Å². The molecule has 6 nitrogen and oxygen atoms in total. The van der Waals surface area contributed by atoms with Crippen LogP contribution in [0.5, 0.6) is 0 Å². The molecule has 30 heavy (non-hydrogen) atoms. The highest BCUT2D eigenvalue weighted by atomic mass is 35.5. The van der Waals surface area contributed by atoms with Gasteiger partial charge in [-0.25, -0.2) is 10.2 Å². The van der Waals surface area contributed by atoms with E-state index in [-0.39, 0.29) is 12.3 Å². The summed E-state index contributed by atoms with van der Waals surface area (Å²) in [5.74, 6) is -0.304. The molecule has 0 radical (unpaired) electrons. The van der Waals surface area contributed by atoms with Gasteiger partial charge in [0.2, 0.25) is 5.91 Å². The van der Waals surface area contributed by atoms with E-state index in [1.807, 2.05) is 36.4 Å². The van der Waals surface area contributed by atoms with Crippen LogP contribution in [0.25, 0.3) is 21.8 Å². The van der Waals surface area contributed by atoms with Crippen molar-refractivity contribution in [2.24, 2.45) is 0 Å². The quantitative estimate of drug-likeness (QED) is 0.374. The smallest absolute Gasteiger partial charge is 0.337 e. The highest BCUT2D eigenvalue weighted by molar-refractivity contribution is 6.42. The van der Waals surface area contributed by atoms with Crippen molar-refractivity contribution < 1.29 is 9.59 Å². The van der Waals surface area contributed by atoms with Crippen molar-refractivity contribution in [1.29, 1.82) is 0 Å². The van der Waals surface area contributed by atoms with Gasteiger partial charge in [0.15, 0.2) is 0 Å². The van der Waals surface area contributed by atoms with E-state index < -0.39 is 6.03 Å². The third-order valence-electron chi connectivity index (χ3n) is 4.74. The number of aryl methyl sites for hydroxylation is 1. The van der Waals surface area contributed by atoms with Crippen LogP contribution in [0.3, 0.4) is 0 Å². The van der Waals surface area contributed by atoms with Crippen molar-refractivity contribution >= 4 is 62.6 Å². The largest absolute Gasteiger partial charge is 0.340 e. The summed E-state index contributed by atoms with van der Waals surface area (Å²) in [6.45, 7) is 0.482. The van der Waals surface area contributed by atoms with Crippen LogP contribution in [-0.4, -0.2) is 16.5 Å². The maximum absolute atomic E-state index is 12.3. The number of benzene rings is 3. The second-order valence-electron chi connectivity index (χ2n) is 6.69. The molecule has 0 bridgehead atoms. The molecular formula is C22H18Cl2N4O2. The number of halogens is 2. The second-order valence-corrected chi connectivity index (χ2v) is 7.51. The topological polar surface area (TPSA) is 75.2 Å². The molecule has 4 aromatic rings. The van der Waals surface area contributed by atoms with E-state index in [2.05, 4.69) is 32.9 Å². The molecule has 0 unspecified atom stereocenters. The molecule has 0 fully saturated rings. The SMILES string of the molecule is O=C(CCn1c2ccccc2c2ccccc21)NNC(=O)Nc1ccc(Cl)c(Cl)c1. The molecule has 4 rings (SSSR count). The van der Waals surface area contributed by atoms with Crippen LogP contribution in [0.2, 0.25) is 10.0 Å². The molecule has 0 aliphatic heterocycles. The fourth-order valence-corrected chi connectivity index (χ4v) is 3.68. The van der Waals surface area contributed by atoms with Gasteiger partial charge in [-0.2, -0.15) is 0 Å². The van der Waals surface area contributed by atoms with Gasteiger partial charge in [-0.3, -0.25) is 10.2 Å². The first-order chi connectivity index (χ1) is 14.5. The highest BCUT2D eigenvalue weighted by Crippen LogP contribution is 2.28. The summed E-state index contributed by atoms with van der Waals surface area (Å²) in [7, 11) is 0. The Morgan fingerprint density at radius 2 is 1.43 bits per heavy atom. The number of anilines is 1. The summed E-state index contributed by atoms with van der Waals surface area (Å²) < 4.78 is 2.11. The van der Waals surface area contributed by atoms with Crippen molar-refractivity contribution in [3.63, 3.8) is 0 Å². The average Bonchev–Trinajstić information content (AvgIpc) is 3.07. The zero-order chi connectivity index (χ0) is 21.1. The molecule has 3 aromatic carbocycles. The molecule has 0 saturated heterocycles. The van der Waals surface area contributed by atoms with Gasteiger partial charge in [-0.05, 0) is 30.3 Å². The normalized spacial score (nSPS) is 10.9. The number of para-hydroxylation sites is 2. The third kappa shape index (κ3) is 4.20. The lowest BCUT2D eigenvalue weighted by atomic mass is 10.2. The zero-order valence-electron chi connectivity index (χ0n) is 15.8. The summed E-state index contributed by atoms with van der Waals surface area (Å²) in [4.78, 5) is 24.2. The predicted octanol–water partition coefficient (Wildman–Crippen LogP) is 5.34. The fourth-order valence-electron chi connectivity index (χ4n) is 3.38. The van der Waals surface area contributed by atoms with E-state index in [0.717, 1.165) is 21.8 Å². The second kappa shape index (κ2) is 8.65. The van der Waals surface area contributed by atoms with Gasteiger partial charge in [-0.15, -0.1) is 0 Å². The minimum atomic E-state index is -0.585. The number of fused-ring (bicyclic) bond motifs is 3. The lowest BCUT2D eigenvalue weighted by molar-refractivity contribution is -0.121. The standard InChI is InChI=1S/C22H18Cl2N4O2/c23-17-10-9-14(13-18(17)24)25-22(30)27-26-21(29)11-12-28-19-7-3-1-5-15(19)16-6-2-4-8-20(16)28/h1-10,13H,11-12H2,(H,26,29)(H2,25,27,30). The van der Waals surface area contributed by atoms with Crippen LogP contribution in [0.15, 0.2) is 66.7 Å². The molecule has 1 aromatic heterocycles. The number of carbonyl (C=O) groups excluding carboxylic acids is 2. The molecule has 152 valence electrons. The molecular weight excluding hydrogens is 423 g/mol. The van der Waals surface area contributed by atoms with Crippen molar-refractivity contribution in [2.75, 3.05) is 5.32 Å². The van der Waals surface area contributed by atoms with Crippen LogP contribution < -0.4 is 16.2 Å². The Balaban J connectivity index is 1.37. The van der Waals surface area contributed by atoms with Gasteiger partial charge >= 0.3 is 6.03 Å². The van der Waals surface area contributed by atoms with Crippen LogP contribution in [0.1, 0.15) is 6.42 Å². The zero-order valence-corrected chi connectivity index (χ0v) is 17.3. The van der Waals surface area contributed by atoms with Gasteiger partial charge < -0.3 is 9.88 Å². The first kappa shape index (κ1) is 20.1. The molecule has 3 N–H and O–H groups in total. The van der Waals surface area contributed by atoms with E-state index in [1.165, 1.54) is 6.07 Å². The molecule has 0 spiro atoms. The number of rotatable bonds is 4. The summed E-state index contributed by atoms with van der Waals surface area (Å²) in [5.41, 5.74) is 7.34. The van der Waals surface area contributed by atoms with Gasteiger partial charge in [0.05, 0.1) is 10.0 Å². The summed E-state index contributed by atoms with van der Waals surface area (Å²) in [6.07, 6.45) is 0.204. The Morgan fingerprint density at radius 1 is 0.800 bits per heavy atom. The van der Waals surface area contributed by atoms with Gasteiger partial charge in [-0.1, -0.05) is 59.6 Å². The monoisotopic (exact) mass is 440 g/mol. The molecule has 0 aliphatic rings. The first-order valence-corrected chi connectivity index (χ1v) is 10.1. The third-order valence-corrected chi connectivity index (χ3v) is 5.47. The summed E-state index contributed by atoms with van der Waals surface area (Å²) in [6, 6.07) is 20.3. The molecule has 0 atom stereocenters. The van der Waals surface area contributed by atoms with Gasteiger partial charge in [0.25, 0.3) is 0 Å². The van der Waals surface area contributed by atoms with Crippen molar-refractivity contribution in [3.8, 4) is 0 Å². The highest BCUT2D eigenvalue weighted by Gasteiger charge is 2.11. The number of urea groups is 1. The van der Waals surface area contributed by atoms with Crippen molar-refractivity contribution in [1.82, 2.24) is 15.4 Å². The number of amides is 3. The van der Waals surface area contributed by atoms with E-state index in [4.69, 9.17) is 23.2 Å².